The van der Waals surface area contributed by atoms with E-state index in [0.717, 1.165) is 23.8 Å². The van der Waals surface area contributed by atoms with Crippen molar-refractivity contribution < 1.29 is 13.5 Å². The van der Waals surface area contributed by atoms with Crippen LogP contribution in [0.4, 0.5) is 15.8 Å². The summed E-state index contributed by atoms with van der Waals surface area (Å²) >= 11 is 0. The van der Waals surface area contributed by atoms with E-state index in [4.69, 9.17) is 5.73 Å². The predicted octanol–water partition coefficient (Wildman–Crippen LogP) is 2.93. The van der Waals surface area contributed by atoms with E-state index in [9.17, 15) is 18.7 Å². The van der Waals surface area contributed by atoms with Gasteiger partial charge in [0.15, 0.2) is 0 Å². The first-order chi connectivity index (χ1) is 9.88. The van der Waals surface area contributed by atoms with Crippen molar-refractivity contribution in [3.8, 4) is 0 Å². The zero-order valence-corrected chi connectivity index (χ0v) is 12.0. The summed E-state index contributed by atoms with van der Waals surface area (Å²) in [7, 11) is -1.54. The molecule has 0 aromatic heterocycles. The molecule has 0 amide bonds. The van der Waals surface area contributed by atoms with Gasteiger partial charge in [-0.05, 0) is 36.8 Å². The number of anilines is 1. The number of benzene rings is 2. The fourth-order valence-corrected chi connectivity index (χ4v) is 3.29. The van der Waals surface area contributed by atoms with Crippen LogP contribution in [-0.2, 0) is 16.6 Å². The van der Waals surface area contributed by atoms with E-state index in [1.807, 2.05) is 0 Å². The molecule has 1 unspecified atom stereocenters. The number of nitrogens with two attached hydrogens (primary N) is 1. The van der Waals surface area contributed by atoms with Gasteiger partial charge in [-0.3, -0.25) is 14.3 Å². The van der Waals surface area contributed by atoms with Crippen molar-refractivity contribution >= 4 is 22.2 Å². The van der Waals surface area contributed by atoms with E-state index in [-0.39, 0.29) is 17.0 Å². The summed E-state index contributed by atoms with van der Waals surface area (Å²) in [5, 5.41) is 10.9. The molecule has 0 radical (unpaired) electrons. The molecule has 0 bridgehead atoms. The van der Waals surface area contributed by atoms with E-state index in [1.165, 1.54) is 0 Å². The Hall–Kier alpha value is -2.28. The average molecular weight is 308 g/mol. The van der Waals surface area contributed by atoms with Gasteiger partial charge in [0.05, 0.1) is 21.5 Å². The fraction of sp³-hybridized carbons (Fsp3) is 0.143. The Kier molecular flexibility index (Phi) is 4.32. The van der Waals surface area contributed by atoms with Gasteiger partial charge in [0, 0.05) is 22.2 Å². The monoisotopic (exact) mass is 308 g/mol. The first kappa shape index (κ1) is 15.1. The predicted molar refractivity (Wildman–Crippen MR) is 78.8 cm³/mol. The molecular weight excluding hydrogens is 295 g/mol. The van der Waals surface area contributed by atoms with E-state index in [0.29, 0.717) is 10.6 Å². The van der Waals surface area contributed by atoms with Crippen LogP contribution in [-0.4, -0.2) is 9.13 Å². The lowest BCUT2D eigenvalue weighted by Gasteiger charge is -2.08. The Morgan fingerprint density at radius 2 is 2.00 bits per heavy atom. The summed E-state index contributed by atoms with van der Waals surface area (Å²) in [4.78, 5) is 10.8. The molecule has 110 valence electrons. The molecule has 0 aliphatic rings. The lowest BCUT2D eigenvalue weighted by Crippen LogP contribution is -2.03. The standard InChI is InChI=1S/C14H13FN2O3S/c1-9-2-4-12(16)7-14(9)21(20)8-10-6-11(15)3-5-13(10)17(18)19/h2-7H,8,16H2,1H3. The van der Waals surface area contributed by atoms with Crippen LogP contribution in [0.5, 0.6) is 0 Å². The Bertz CT molecular complexity index is 734. The first-order valence-corrected chi connectivity index (χ1v) is 7.37. The maximum atomic E-state index is 13.3. The number of hydrogen-bond acceptors (Lipinski definition) is 4. The smallest absolute Gasteiger partial charge is 0.273 e. The lowest BCUT2D eigenvalue weighted by atomic mass is 10.2. The molecule has 0 aliphatic heterocycles. The second-order valence-corrected chi connectivity index (χ2v) is 5.96. The number of halogens is 1. The number of nitrogens with zero attached hydrogens (tertiary/aromatic N) is 1. The van der Waals surface area contributed by atoms with Gasteiger partial charge in [-0.2, -0.15) is 0 Å². The largest absolute Gasteiger partial charge is 0.399 e. The number of nitro groups is 1. The molecule has 2 aromatic rings. The molecule has 2 aromatic carbocycles. The first-order valence-electron chi connectivity index (χ1n) is 6.06. The molecule has 7 heteroatoms. The van der Waals surface area contributed by atoms with Crippen molar-refractivity contribution in [2.75, 3.05) is 5.73 Å². The molecule has 5 nitrogen and oxygen atoms in total. The molecule has 21 heavy (non-hydrogen) atoms. The minimum absolute atomic E-state index is 0.0974. The Morgan fingerprint density at radius 1 is 1.29 bits per heavy atom. The Balaban J connectivity index is 2.38. The molecule has 0 fully saturated rings. The maximum Gasteiger partial charge on any atom is 0.273 e. The number of aryl methyl sites for hydroxylation is 1. The van der Waals surface area contributed by atoms with Crippen molar-refractivity contribution in [2.45, 2.75) is 17.6 Å². The second kappa shape index (κ2) is 6.01. The molecular formula is C14H13FN2O3S. The van der Waals surface area contributed by atoms with Crippen molar-refractivity contribution in [3.05, 3.63) is 63.5 Å². The zero-order chi connectivity index (χ0) is 15.6. The third kappa shape index (κ3) is 3.43. The fourth-order valence-electron chi connectivity index (χ4n) is 1.93. The van der Waals surface area contributed by atoms with Gasteiger partial charge >= 0.3 is 0 Å². The SMILES string of the molecule is Cc1ccc(N)cc1S(=O)Cc1cc(F)ccc1[N+](=O)[O-]. The molecule has 0 saturated carbocycles. The minimum Gasteiger partial charge on any atom is -0.399 e. The highest BCUT2D eigenvalue weighted by molar-refractivity contribution is 7.84. The van der Waals surface area contributed by atoms with Crippen LogP contribution in [0.15, 0.2) is 41.3 Å². The van der Waals surface area contributed by atoms with Gasteiger partial charge in [0.25, 0.3) is 5.69 Å². The van der Waals surface area contributed by atoms with Gasteiger partial charge in [0.1, 0.15) is 5.82 Å². The normalized spacial score (nSPS) is 12.1. The maximum absolute atomic E-state index is 13.3. The highest BCUT2D eigenvalue weighted by Crippen LogP contribution is 2.25. The average Bonchev–Trinajstić information content (AvgIpc) is 2.41. The number of hydrogen-bond donors (Lipinski definition) is 1. The van der Waals surface area contributed by atoms with Crippen LogP contribution in [0.1, 0.15) is 11.1 Å². The van der Waals surface area contributed by atoms with Crippen molar-refractivity contribution in [1.82, 2.24) is 0 Å². The lowest BCUT2D eigenvalue weighted by molar-refractivity contribution is -0.385. The van der Waals surface area contributed by atoms with Crippen molar-refractivity contribution in [1.29, 1.82) is 0 Å². The molecule has 2 rings (SSSR count). The van der Waals surface area contributed by atoms with E-state index in [2.05, 4.69) is 0 Å². The molecule has 2 N–H and O–H groups in total. The van der Waals surface area contributed by atoms with E-state index >= 15 is 0 Å². The Morgan fingerprint density at radius 3 is 2.67 bits per heavy atom. The summed E-state index contributed by atoms with van der Waals surface area (Å²) in [6.45, 7) is 1.77. The van der Waals surface area contributed by atoms with Crippen LogP contribution < -0.4 is 5.73 Å². The summed E-state index contributed by atoms with van der Waals surface area (Å²) in [5.41, 5.74) is 6.73. The van der Waals surface area contributed by atoms with Gasteiger partial charge < -0.3 is 5.73 Å². The van der Waals surface area contributed by atoms with Crippen LogP contribution in [0.25, 0.3) is 0 Å². The van der Waals surface area contributed by atoms with Crippen LogP contribution in [0.3, 0.4) is 0 Å². The molecule has 0 heterocycles. The van der Waals surface area contributed by atoms with Crippen molar-refractivity contribution in [2.24, 2.45) is 0 Å². The van der Waals surface area contributed by atoms with E-state index in [1.54, 1.807) is 25.1 Å². The van der Waals surface area contributed by atoms with Gasteiger partial charge in [-0.15, -0.1) is 0 Å². The number of nitro benzene ring substituents is 1. The topological polar surface area (TPSA) is 86.2 Å². The highest BCUT2D eigenvalue weighted by atomic mass is 32.2. The number of nitrogen functional groups attached to an aromatic ring is 1. The number of rotatable bonds is 4. The van der Waals surface area contributed by atoms with Crippen LogP contribution in [0.2, 0.25) is 0 Å². The summed E-state index contributed by atoms with van der Waals surface area (Å²) in [6.07, 6.45) is 0. The highest BCUT2D eigenvalue weighted by Gasteiger charge is 2.18. The molecule has 1 atom stereocenters. The quantitative estimate of drug-likeness (QED) is 0.534. The Labute approximate surface area is 123 Å². The van der Waals surface area contributed by atoms with E-state index < -0.39 is 21.5 Å². The molecule has 0 aliphatic carbocycles. The van der Waals surface area contributed by atoms with Gasteiger partial charge in [0.2, 0.25) is 0 Å². The van der Waals surface area contributed by atoms with Crippen LogP contribution in [0, 0.1) is 22.9 Å². The van der Waals surface area contributed by atoms with Crippen LogP contribution >= 0.6 is 0 Å². The third-order valence-corrected chi connectivity index (χ3v) is 4.49. The second-order valence-electron chi connectivity index (χ2n) is 4.54. The third-order valence-electron chi connectivity index (χ3n) is 2.98. The zero-order valence-electron chi connectivity index (χ0n) is 11.2. The summed E-state index contributed by atoms with van der Waals surface area (Å²) < 4.78 is 25.6. The van der Waals surface area contributed by atoms with Gasteiger partial charge in [-0.25, -0.2) is 4.39 Å². The summed E-state index contributed by atoms with van der Waals surface area (Å²) in [6, 6.07) is 8.10. The van der Waals surface area contributed by atoms with Crippen molar-refractivity contribution in [3.63, 3.8) is 0 Å². The molecule has 0 saturated heterocycles. The molecule has 0 spiro atoms. The minimum atomic E-state index is -1.54. The summed E-state index contributed by atoms with van der Waals surface area (Å²) in [5.74, 6) is -0.741. The van der Waals surface area contributed by atoms with Gasteiger partial charge in [-0.1, -0.05) is 6.07 Å².